The van der Waals surface area contributed by atoms with E-state index in [-0.39, 0.29) is 29.9 Å². The number of aliphatic hydroxyl groups excluding tert-OH is 1. The number of rotatable bonds is 11. The molecule has 4 N–H and O–H groups in total. The molecular weight excluding hydrogens is 512 g/mol. The lowest BCUT2D eigenvalue weighted by Gasteiger charge is -2.47. The predicted octanol–water partition coefficient (Wildman–Crippen LogP) is 2.27. The molecule has 1 amide bonds. The largest absolute Gasteiger partial charge is 0.496 e. The van der Waals surface area contributed by atoms with Gasteiger partial charge in [0.25, 0.3) is 5.91 Å². The fourth-order valence-corrected chi connectivity index (χ4v) is 6.00. The third-order valence-electron chi connectivity index (χ3n) is 8.14. The van der Waals surface area contributed by atoms with E-state index in [0.29, 0.717) is 35.0 Å². The Kier molecular flexibility index (Phi) is 10.1. The third kappa shape index (κ3) is 6.90. The van der Waals surface area contributed by atoms with Crippen LogP contribution < -0.4 is 15.8 Å². The Morgan fingerprint density at radius 1 is 1.13 bits per heavy atom. The minimum absolute atomic E-state index is 0.138. The van der Waals surface area contributed by atoms with Gasteiger partial charge in [0.15, 0.2) is 6.23 Å². The topological polar surface area (TPSA) is 127 Å². The number of hydrogen-bond acceptors (Lipinski definition) is 9. The van der Waals surface area contributed by atoms with Crippen LogP contribution in [0.1, 0.15) is 55.3 Å². The molecule has 4 heterocycles. The van der Waals surface area contributed by atoms with Gasteiger partial charge in [0.1, 0.15) is 11.9 Å². The summed E-state index contributed by atoms with van der Waals surface area (Å²) in [6.45, 7) is 4.23. The number of hydrogen-bond donors (Lipinski definition) is 3. The molecule has 4 aliphatic heterocycles. The number of benzene rings is 1. The molecule has 4 fully saturated rings. The summed E-state index contributed by atoms with van der Waals surface area (Å²) >= 11 is 6.13. The number of nitrogens with one attached hydrogen (secondary N) is 1. The van der Waals surface area contributed by atoms with Crippen molar-refractivity contribution in [3.05, 3.63) is 22.7 Å². The number of nitrogens with zero attached hydrogens (tertiary/aromatic N) is 2. The van der Waals surface area contributed by atoms with Gasteiger partial charge in [-0.3, -0.25) is 14.5 Å². The van der Waals surface area contributed by atoms with Gasteiger partial charge in [-0.1, -0.05) is 18.0 Å². The zero-order chi connectivity index (χ0) is 27.2. The molecule has 0 unspecified atom stereocenters. The van der Waals surface area contributed by atoms with E-state index in [9.17, 15) is 14.7 Å². The van der Waals surface area contributed by atoms with Crippen LogP contribution in [0.3, 0.4) is 0 Å². The lowest BCUT2D eigenvalue weighted by atomic mass is 9.84. The highest BCUT2D eigenvalue weighted by Crippen LogP contribution is 2.33. The second-order valence-electron chi connectivity index (χ2n) is 10.6. The lowest BCUT2D eigenvalue weighted by molar-refractivity contribution is -0.200. The van der Waals surface area contributed by atoms with E-state index in [4.69, 9.17) is 31.5 Å². The molecule has 0 saturated carbocycles. The van der Waals surface area contributed by atoms with Crippen LogP contribution in [-0.4, -0.2) is 98.2 Å². The number of methoxy groups -OCH3 is 2. The smallest absolute Gasteiger partial charge is 0.307 e. The van der Waals surface area contributed by atoms with E-state index in [1.165, 1.54) is 13.2 Å². The van der Waals surface area contributed by atoms with E-state index in [2.05, 4.69) is 15.1 Å². The Morgan fingerprint density at radius 2 is 1.89 bits per heavy atom. The number of carbonyl (C=O) groups excluding carboxylic acids is 2. The SMILES string of the molecule is COc1cc(N)c(Cl)cc1C(=O)N[C@@H]1CCN(CCCCCC(=O)O[C@H]2[C@@H](O)C3CCN2CC3)C[C@@H]1OC. The number of piperidine rings is 4. The van der Waals surface area contributed by atoms with Gasteiger partial charge in [0, 0.05) is 45.8 Å². The van der Waals surface area contributed by atoms with Crippen LogP contribution in [-0.2, 0) is 14.3 Å². The summed E-state index contributed by atoms with van der Waals surface area (Å²) in [7, 11) is 3.15. The minimum atomic E-state index is -0.561. The summed E-state index contributed by atoms with van der Waals surface area (Å²) < 4.78 is 16.6. The van der Waals surface area contributed by atoms with E-state index in [1.807, 2.05) is 0 Å². The Balaban J connectivity index is 1.16. The number of amides is 1. The van der Waals surface area contributed by atoms with Gasteiger partial charge < -0.3 is 35.3 Å². The van der Waals surface area contributed by atoms with E-state index in [1.54, 1.807) is 13.2 Å². The monoisotopic (exact) mass is 552 g/mol. The number of fused-ring (bicyclic) bond motifs is 3. The summed E-state index contributed by atoms with van der Waals surface area (Å²) in [4.78, 5) is 29.7. The Bertz CT molecular complexity index is 971. The number of nitrogens with two attached hydrogens (primary N) is 1. The van der Waals surface area contributed by atoms with Crippen molar-refractivity contribution in [1.82, 2.24) is 15.1 Å². The lowest BCUT2D eigenvalue weighted by Crippen LogP contribution is -2.59. The summed E-state index contributed by atoms with van der Waals surface area (Å²) in [5.41, 5.74) is 6.53. The fraction of sp³-hybridized carbons (Fsp3) is 0.704. The molecule has 0 radical (unpaired) electrons. The molecule has 1 aromatic carbocycles. The number of ether oxygens (including phenoxy) is 3. The number of halogens is 1. The van der Waals surface area contributed by atoms with Crippen molar-refractivity contribution in [3.8, 4) is 5.75 Å². The Labute approximate surface area is 229 Å². The van der Waals surface area contributed by atoms with Gasteiger partial charge in [0.05, 0.1) is 35.5 Å². The van der Waals surface area contributed by atoms with Gasteiger partial charge >= 0.3 is 5.97 Å². The Hall–Kier alpha value is -2.11. The summed E-state index contributed by atoms with van der Waals surface area (Å²) in [6, 6.07) is 2.94. The number of esters is 1. The molecule has 212 valence electrons. The molecule has 4 saturated heterocycles. The van der Waals surface area contributed by atoms with Crippen molar-refractivity contribution in [2.24, 2.45) is 5.92 Å². The van der Waals surface area contributed by atoms with Gasteiger partial charge in [-0.05, 0) is 50.6 Å². The third-order valence-corrected chi connectivity index (χ3v) is 8.47. The molecule has 11 heteroatoms. The maximum absolute atomic E-state index is 13.0. The predicted molar refractivity (Wildman–Crippen MR) is 144 cm³/mol. The number of anilines is 1. The fourth-order valence-electron chi connectivity index (χ4n) is 5.83. The van der Waals surface area contributed by atoms with Crippen LogP contribution in [0.25, 0.3) is 0 Å². The highest BCUT2D eigenvalue weighted by Gasteiger charge is 2.43. The van der Waals surface area contributed by atoms with Crippen molar-refractivity contribution >= 4 is 29.2 Å². The van der Waals surface area contributed by atoms with E-state index in [0.717, 1.165) is 64.7 Å². The van der Waals surface area contributed by atoms with Gasteiger partial charge in [-0.15, -0.1) is 0 Å². The van der Waals surface area contributed by atoms with Crippen molar-refractivity contribution in [3.63, 3.8) is 0 Å². The van der Waals surface area contributed by atoms with Crippen molar-refractivity contribution < 1.29 is 28.9 Å². The second kappa shape index (κ2) is 13.3. The first-order valence-electron chi connectivity index (χ1n) is 13.6. The quantitative estimate of drug-likeness (QED) is 0.215. The maximum atomic E-state index is 13.0. The second-order valence-corrected chi connectivity index (χ2v) is 11.0. The average Bonchev–Trinajstić information content (AvgIpc) is 2.92. The molecule has 0 spiro atoms. The van der Waals surface area contributed by atoms with Gasteiger partial charge in [-0.25, -0.2) is 0 Å². The van der Waals surface area contributed by atoms with E-state index >= 15 is 0 Å². The molecule has 1 aromatic rings. The van der Waals surface area contributed by atoms with Crippen LogP contribution in [0.15, 0.2) is 12.1 Å². The number of carbonyl (C=O) groups is 2. The Morgan fingerprint density at radius 3 is 2.58 bits per heavy atom. The van der Waals surface area contributed by atoms with E-state index < -0.39 is 12.3 Å². The number of nitrogen functional groups attached to an aromatic ring is 1. The van der Waals surface area contributed by atoms with Crippen LogP contribution in [0, 0.1) is 5.92 Å². The first-order valence-corrected chi connectivity index (χ1v) is 14.0. The standard InChI is InChI=1S/C27H41ClN4O6/c1-36-22-15-20(29)19(28)14-18(22)26(35)30-21-9-11-31(16-23(21)37-2)10-5-3-4-6-24(33)38-27-25(34)17-7-12-32(27)13-8-17/h14-15,17,21,23,25,27,34H,3-13,16,29H2,1-2H3,(H,30,35)/t21-,23+,25+,27+/m1/s1. The molecular formula is C27H41ClN4O6. The molecule has 4 aliphatic rings. The minimum Gasteiger partial charge on any atom is -0.496 e. The molecule has 0 aromatic heterocycles. The number of likely N-dealkylation sites (tertiary alicyclic amines) is 1. The molecule has 0 aliphatic carbocycles. The summed E-state index contributed by atoms with van der Waals surface area (Å²) in [5.74, 6) is 0.128. The van der Waals surface area contributed by atoms with Gasteiger partial charge in [-0.2, -0.15) is 0 Å². The van der Waals surface area contributed by atoms with Crippen molar-refractivity contribution in [1.29, 1.82) is 0 Å². The summed E-state index contributed by atoms with van der Waals surface area (Å²) in [5, 5.41) is 13.8. The highest BCUT2D eigenvalue weighted by molar-refractivity contribution is 6.33. The molecule has 4 atom stereocenters. The first-order chi connectivity index (χ1) is 18.3. The van der Waals surface area contributed by atoms with Crippen LogP contribution in [0.4, 0.5) is 5.69 Å². The summed E-state index contributed by atoms with van der Waals surface area (Å²) in [6.07, 6.45) is 4.54. The molecule has 5 rings (SSSR count). The number of unbranched alkanes of at least 4 members (excludes halogenated alkanes) is 2. The van der Waals surface area contributed by atoms with Gasteiger partial charge in [0.2, 0.25) is 0 Å². The van der Waals surface area contributed by atoms with Crippen molar-refractivity contribution in [2.75, 3.05) is 52.7 Å². The zero-order valence-corrected chi connectivity index (χ0v) is 23.1. The zero-order valence-electron chi connectivity index (χ0n) is 22.4. The number of aliphatic hydroxyl groups is 1. The first kappa shape index (κ1) is 28.9. The van der Waals surface area contributed by atoms with Crippen LogP contribution >= 0.6 is 11.6 Å². The van der Waals surface area contributed by atoms with Crippen molar-refractivity contribution in [2.45, 2.75) is 69.4 Å². The molecule has 38 heavy (non-hydrogen) atoms. The average molecular weight is 553 g/mol. The van der Waals surface area contributed by atoms with Crippen LogP contribution in [0.2, 0.25) is 5.02 Å². The highest BCUT2D eigenvalue weighted by atomic mass is 35.5. The maximum Gasteiger partial charge on any atom is 0.307 e. The van der Waals surface area contributed by atoms with Crippen LogP contribution in [0.5, 0.6) is 5.75 Å². The molecule has 10 nitrogen and oxygen atoms in total. The normalized spacial score (nSPS) is 29.2. The molecule has 2 bridgehead atoms.